The Kier molecular flexibility index (Phi) is 6.28. The molecule has 7 heteroatoms. The molecule has 0 heterocycles. The molecule has 1 amide bonds. The van der Waals surface area contributed by atoms with Gasteiger partial charge in [-0.2, -0.15) is 0 Å². The highest BCUT2D eigenvalue weighted by atomic mass is 79.9. The Balaban J connectivity index is 1.89. The quantitative estimate of drug-likeness (QED) is 0.521. The predicted octanol–water partition coefficient (Wildman–Crippen LogP) is 4.34. The average Bonchev–Trinajstić information content (AvgIpc) is 2.53. The van der Waals surface area contributed by atoms with Crippen molar-refractivity contribution < 1.29 is 9.18 Å². The Labute approximate surface area is 153 Å². The summed E-state index contributed by atoms with van der Waals surface area (Å²) in [6.45, 7) is 4.23. The Morgan fingerprint density at radius 1 is 1.12 bits per heavy atom. The van der Waals surface area contributed by atoms with E-state index in [4.69, 9.17) is 12.2 Å². The van der Waals surface area contributed by atoms with Crippen LogP contribution in [0.3, 0.4) is 0 Å². The number of carbonyl (C=O) groups is 1. The number of anilines is 1. The van der Waals surface area contributed by atoms with Crippen LogP contribution >= 0.6 is 28.1 Å². The van der Waals surface area contributed by atoms with Crippen molar-refractivity contribution in [3.8, 4) is 0 Å². The number of benzene rings is 2. The molecule has 3 N–H and O–H groups in total. The number of nitrogens with one attached hydrogen (secondary N) is 3. The normalized spacial score (nSPS) is 10.4. The summed E-state index contributed by atoms with van der Waals surface area (Å²) >= 11 is 8.24. The molecule has 126 valence electrons. The lowest BCUT2D eigenvalue weighted by molar-refractivity contribution is 0.0940. The molecule has 2 rings (SSSR count). The first-order chi connectivity index (χ1) is 11.4. The number of hydrogen-bond donors (Lipinski definition) is 3. The number of hydrogen-bond acceptors (Lipinski definition) is 2. The van der Waals surface area contributed by atoms with E-state index in [-0.39, 0.29) is 10.7 Å². The smallest absolute Gasteiger partial charge is 0.272 e. The molecule has 0 saturated heterocycles. The first-order valence-corrected chi connectivity index (χ1v) is 8.49. The largest absolute Gasteiger partial charge is 0.331 e. The Hall–Kier alpha value is -1.99. The van der Waals surface area contributed by atoms with Gasteiger partial charge in [0.05, 0.1) is 5.56 Å². The molecule has 0 atom stereocenters. The van der Waals surface area contributed by atoms with Gasteiger partial charge in [-0.05, 0) is 54.0 Å². The molecule has 24 heavy (non-hydrogen) atoms. The summed E-state index contributed by atoms with van der Waals surface area (Å²) in [7, 11) is 0. The van der Waals surface area contributed by atoms with E-state index in [1.165, 1.54) is 17.7 Å². The SMILES string of the molecule is CC(C)c1ccc(NC(=S)NNC(=O)c2ccc(Br)cc2F)cc1. The summed E-state index contributed by atoms with van der Waals surface area (Å²) in [5.41, 5.74) is 6.85. The third kappa shape index (κ3) is 5.01. The third-order valence-corrected chi connectivity index (χ3v) is 4.00. The van der Waals surface area contributed by atoms with Gasteiger partial charge in [-0.15, -0.1) is 0 Å². The van der Waals surface area contributed by atoms with Gasteiger partial charge in [0.25, 0.3) is 5.91 Å². The highest BCUT2D eigenvalue weighted by Gasteiger charge is 2.12. The summed E-state index contributed by atoms with van der Waals surface area (Å²) in [6, 6.07) is 12.0. The lowest BCUT2D eigenvalue weighted by Gasteiger charge is -2.13. The fraction of sp³-hybridized carbons (Fsp3) is 0.176. The van der Waals surface area contributed by atoms with E-state index in [0.717, 1.165) is 5.69 Å². The van der Waals surface area contributed by atoms with Gasteiger partial charge in [-0.1, -0.05) is 41.9 Å². The molecule has 0 saturated carbocycles. The highest BCUT2D eigenvalue weighted by molar-refractivity contribution is 9.10. The predicted molar refractivity (Wildman–Crippen MR) is 101 cm³/mol. The van der Waals surface area contributed by atoms with Crippen LogP contribution in [0.2, 0.25) is 0 Å². The van der Waals surface area contributed by atoms with Gasteiger partial charge in [0.2, 0.25) is 0 Å². The number of amides is 1. The van der Waals surface area contributed by atoms with E-state index in [1.807, 2.05) is 24.3 Å². The van der Waals surface area contributed by atoms with E-state index >= 15 is 0 Å². The summed E-state index contributed by atoms with van der Waals surface area (Å²) in [4.78, 5) is 11.9. The zero-order chi connectivity index (χ0) is 17.7. The molecule has 2 aromatic rings. The first-order valence-electron chi connectivity index (χ1n) is 7.29. The lowest BCUT2D eigenvalue weighted by Crippen LogP contribution is -2.44. The minimum Gasteiger partial charge on any atom is -0.331 e. The molecule has 4 nitrogen and oxygen atoms in total. The summed E-state index contributed by atoms with van der Waals surface area (Å²) < 4.78 is 14.3. The Bertz CT molecular complexity index is 750. The number of hydrazine groups is 1. The van der Waals surface area contributed by atoms with E-state index in [0.29, 0.717) is 10.4 Å². The maximum Gasteiger partial charge on any atom is 0.272 e. The van der Waals surface area contributed by atoms with Gasteiger partial charge in [0.15, 0.2) is 5.11 Å². The van der Waals surface area contributed by atoms with E-state index in [9.17, 15) is 9.18 Å². The minimum absolute atomic E-state index is 0.0743. The molecular weight excluding hydrogens is 393 g/mol. The van der Waals surface area contributed by atoms with E-state index in [2.05, 4.69) is 45.9 Å². The zero-order valence-corrected chi connectivity index (χ0v) is 15.6. The van der Waals surface area contributed by atoms with Crippen LogP contribution < -0.4 is 16.2 Å². The molecule has 0 fully saturated rings. The second-order valence-corrected chi connectivity index (χ2v) is 6.76. The van der Waals surface area contributed by atoms with Gasteiger partial charge in [0.1, 0.15) is 5.82 Å². The zero-order valence-electron chi connectivity index (χ0n) is 13.2. The maximum atomic E-state index is 13.7. The monoisotopic (exact) mass is 409 g/mol. The fourth-order valence-electron chi connectivity index (χ4n) is 1.97. The van der Waals surface area contributed by atoms with Gasteiger partial charge in [-0.25, -0.2) is 4.39 Å². The van der Waals surface area contributed by atoms with Crippen molar-refractivity contribution in [2.24, 2.45) is 0 Å². The Morgan fingerprint density at radius 3 is 2.38 bits per heavy atom. The Morgan fingerprint density at radius 2 is 1.79 bits per heavy atom. The van der Waals surface area contributed by atoms with Gasteiger partial charge in [-0.3, -0.25) is 15.6 Å². The number of carbonyl (C=O) groups excluding carboxylic acids is 1. The van der Waals surface area contributed by atoms with Crippen LogP contribution in [-0.4, -0.2) is 11.0 Å². The summed E-state index contributed by atoms with van der Waals surface area (Å²) in [5.74, 6) is -0.782. The van der Waals surface area contributed by atoms with Crippen molar-refractivity contribution in [2.75, 3.05) is 5.32 Å². The minimum atomic E-state index is -0.619. The van der Waals surface area contributed by atoms with Crippen LogP contribution in [-0.2, 0) is 0 Å². The molecule has 0 aromatic heterocycles. The molecular formula is C17H17BrFN3OS. The van der Waals surface area contributed by atoms with Crippen molar-refractivity contribution in [2.45, 2.75) is 19.8 Å². The lowest BCUT2D eigenvalue weighted by atomic mass is 10.0. The van der Waals surface area contributed by atoms with Crippen LogP contribution in [0.15, 0.2) is 46.9 Å². The van der Waals surface area contributed by atoms with Crippen molar-refractivity contribution in [1.82, 2.24) is 10.9 Å². The van der Waals surface area contributed by atoms with Crippen molar-refractivity contribution in [3.63, 3.8) is 0 Å². The van der Waals surface area contributed by atoms with E-state index in [1.54, 1.807) is 6.07 Å². The molecule has 0 aliphatic rings. The van der Waals surface area contributed by atoms with Gasteiger partial charge >= 0.3 is 0 Å². The highest BCUT2D eigenvalue weighted by Crippen LogP contribution is 2.17. The third-order valence-electron chi connectivity index (χ3n) is 3.30. The average molecular weight is 410 g/mol. The van der Waals surface area contributed by atoms with Crippen molar-refractivity contribution in [3.05, 3.63) is 63.9 Å². The molecule has 2 aromatic carbocycles. The summed E-state index contributed by atoms with van der Waals surface area (Å²) in [5, 5.41) is 3.15. The van der Waals surface area contributed by atoms with E-state index < -0.39 is 11.7 Å². The molecule has 0 spiro atoms. The summed E-state index contributed by atoms with van der Waals surface area (Å²) in [6.07, 6.45) is 0. The number of thiocarbonyl (C=S) groups is 1. The topological polar surface area (TPSA) is 53.2 Å². The number of rotatable bonds is 3. The number of halogens is 2. The van der Waals surface area contributed by atoms with Crippen molar-refractivity contribution in [1.29, 1.82) is 0 Å². The molecule has 0 unspecified atom stereocenters. The first kappa shape index (κ1) is 18.4. The molecule has 0 aliphatic heterocycles. The van der Waals surface area contributed by atoms with Crippen LogP contribution in [0.4, 0.5) is 10.1 Å². The molecule has 0 bridgehead atoms. The maximum absolute atomic E-state index is 13.7. The fourth-order valence-corrected chi connectivity index (χ4v) is 2.47. The standard InChI is InChI=1S/C17H17BrFN3OS/c1-10(2)11-3-6-13(7-4-11)20-17(24)22-21-16(23)14-8-5-12(18)9-15(14)19/h3-10H,1-2H3,(H,21,23)(H2,20,22,24). The molecule has 0 aliphatic carbocycles. The second kappa shape index (κ2) is 8.21. The van der Waals surface area contributed by atoms with Crippen LogP contribution in [0.1, 0.15) is 35.7 Å². The molecule has 0 radical (unpaired) electrons. The van der Waals surface area contributed by atoms with Crippen LogP contribution in [0, 0.1) is 5.82 Å². The van der Waals surface area contributed by atoms with Crippen molar-refractivity contribution >= 4 is 44.9 Å². The van der Waals surface area contributed by atoms with Crippen LogP contribution in [0.25, 0.3) is 0 Å². The second-order valence-electron chi connectivity index (χ2n) is 5.43. The van der Waals surface area contributed by atoms with Crippen LogP contribution in [0.5, 0.6) is 0 Å². The van der Waals surface area contributed by atoms with Gasteiger partial charge in [0, 0.05) is 10.2 Å². The van der Waals surface area contributed by atoms with Gasteiger partial charge < -0.3 is 5.32 Å².